The van der Waals surface area contributed by atoms with Gasteiger partial charge in [0.2, 0.25) is 5.91 Å². The summed E-state index contributed by atoms with van der Waals surface area (Å²) in [5, 5.41) is 11.4. The van der Waals surface area contributed by atoms with Crippen LogP contribution in [0.4, 0.5) is 0 Å². The van der Waals surface area contributed by atoms with Gasteiger partial charge in [0.05, 0.1) is 6.10 Å². The molecule has 1 aromatic carbocycles. The Bertz CT molecular complexity index is 487. The maximum absolute atomic E-state index is 11.7. The molecule has 0 radical (unpaired) electrons. The van der Waals surface area contributed by atoms with E-state index in [4.69, 9.17) is 14.6 Å². The number of hydrogen-bond donors (Lipinski definition) is 2. The van der Waals surface area contributed by atoms with Gasteiger partial charge in [0.15, 0.2) is 6.61 Å². The fraction of sp³-hybridized carbons (Fsp3) is 0.500. The predicted octanol–water partition coefficient (Wildman–Crippen LogP) is 1.97. The SMILES string of the molecule is CC(C)OCCCC(=O)NCc1cccc(OCC(=O)O)c1. The third-order valence-electron chi connectivity index (χ3n) is 2.75. The van der Waals surface area contributed by atoms with E-state index >= 15 is 0 Å². The minimum absolute atomic E-state index is 0.0378. The molecule has 0 bridgehead atoms. The van der Waals surface area contributed by atoms with Gasteiger partial charge in [-0.15, -0.1) is 0 Å². The lowest BCUT2D eigenvalue weighted by molar-refractivity contribution is -0.139. The number of nitrogens with one attached hydrogen (secondary N) is 1. The van der Waals surface area contributed by atoms with Crippen LogP contribution in [0.2, 0.25) is 0 Å². The van der Waals surface area contributed by atoms with E-state index in [1.54, 1.807) is 18.2 Å². The summed E-state index contributed by atoms with van der Waals surface area (Å²) >= 11 is 0. The van der Waals surface area contributed by atoms with Crippen molar-refractivity contribution < 1.29 is 24.2 Å². The van der Waals surface area contributed by atoms with Gasteiger partial charge in [0.1, 0.15) is 5.75 Å². The summed E-state index contributed by atoms with van der Waals surface area (Å²) in [4.78, 5) is 22.1. The largest absolute Gasteiger partial charge is 0.482 e. The summed E-state index contributed by atoms with van der Waals surface area (Å²) in [6.45, 7) is 4.49. The van der Waals surface area contributed by atoms with Crippen LogP contribution in [0, 0.1) is 0 Å². The molecule has 0 spiro atoms. The van der Waals surface area contributed by atoms with Crippen molar-refractivity contribution in [1.29, 1.82) is 0 Å². The molecule has 0 saturated heterocycles. The summed E-state index contributed by atoms with van der Waals surface area (Å²) in [6.07, 6.45) is 1.28. The normalized spacial score (nSPS) is 10.5. The Balaban J connectivity index is 2.30. The van der Waals surface area contributed by atoms with Gasteiger partial charge in [-0.3, -0.25) is 4.79 Å². The van der Waals surface area contributed by atoms with E-state index in [0.29, 0.717) is 31.7 Å². The monoisotopic (exact) mass is 309 g/mol. The highest BCUT2D eigenvalue weighted by Gasteiger charge is 2.04. The van der Waals surface area contributed by atoms with Crippen molar-refractivity contribution in [2.75, 3.05) is 13.2 Å². The molecule has 0 unspecified atom stereocenters. The van der Waals surface area contributed by atoms with Gasteiger partial charge in [-0.25, -0.2) is 4.79 Å². The lowest BCUT2D eigenvalue weighted by Gasteiger charge is -2.09. The molecule has 0 aliphatic carbocycles. The van der Waals surface area contributed by atoms with Crippen LogP contribution in [-0.4, -0.2) is 36.3 Å². The zero-order chi connectivity index (χ0) is 16.4. The molecule has 0 fully saturated rings. The van der Waals surface area contributed by atoms with Crippen molar-refractivity contribution in [2.45, 2.75) is 39.3 Å². The highest BCUT2D eigenvalue weighted by atomic mass is 16.5. The maximum atomic E-state index is 11.7. The minimum Gasteiger partial charge on any atom is -0.482 e. The molecule has 22 heavy (non-hydrogen) atoms. The molecule has 1 rings (SSSR count). The van der Waals surface area contributed by atoms with Crippen LogP contribution in [-0.2, 0) is 20.9 Å². The maximum Gasteiger partial charge on any atom is 0.341 e. The smallest absolute Gasteiger partial charge is 0.341 e. The standard InChI is InChI=1S/C16H23NO5/c1-12(2)21-8-4-7-15(18)17-10-13-5-3-6-14(9-13)22-11-16(19)20/h3,5-6,9,12H,4,7-8,10-11H2,1-2H3,(H,17,18)(H,19,20). The fourth-order valence-electron chi connectivity index (χ4n) is 1.73. The van der Waals surface area contributed by atoms with Crippen molar-refractivity contribution in [3.8, 4) is 5.75 Å². The zero-order valence-corrected chi connectivity index (χ0v) is 13.0. The number of carbonyl (C=O) groups excluding carboxylic acids is 1. The van der Waals surface area contributed by atoms with Crippen LogP contribution in [0.15, 0.2) is 24.3 Å². The van der Waals surface area contributed by atoms with Crippen LogP contribution >= 0.6 is 0 Å². The van der Waals surface area contributed by atoms with Gasteiger partial charge in [-0.05, 0) is 38.0 Å². The zero-order valence-electron chi connectivity index (χ0n) is 13.0. The van der Waals surface area contributed by atoms with Crippen LogP contribution in [0.25, 0.3) is 0 Å². The highest BCUT2D eigenvalue weighted by molar-refractivity contribution is 5.75. The molecule has 6 nitrogen and oxygen atoms in total. The Morgan fingerprint density at radius 3 is 2.77 bits per heavy atom. The van der Waals surface area contributed by atoms with E-state index < -0.39 is 5.97 Å². The molecule has 0 saturated carbocycles. The average Bonchev–Trinajstić information content (AvgIpc) is 2.48. The lowest BCUT2D eigenvalue weighted by Crippen LogP contribution is -2.23. The second-order valence-electron chi connectivity index (χ2n) is 5.13. The third kappa shape index (κ3) is 8.26. The first-order chi connectivity index (χ1) is 10.5. The Kier molecular flexibility index (Phi) is 7.99. The van der Waals surface area contributed by atoms with E-state index in [9.17, 15) is 9.59 Å². The number of benzene rings is 1. The minimum atomic E-state index is -1.03. The van der Waals surface area contributed by atoms with Crippen molar-refractivity contribution in [1.82, 2.24) is 5.32 Å². The number of ether oxygens (including phenoxy) is 2. The number of carboxylic acids is 1. The van der Waals surface area contributed by atoms with E-state index in [0.717, 1.165) is 5.56 Å². The molecule has 0 aliphatic rings. The molecule has 0 heterocycles. The first-order valence-electron chi connectivity index (χ1n) is 7.29. The number of carboxylic acid groups (broad SMARTS) is 1. The van der Waals surface area contributed by atoms with Crippen LogP contribution in [0.3, 0.4) is 0 Å². The third-order valence-corrected chi connectivity index (χ3v) is 2.75. The summed E-state index contributed by atoms with van der Waals surface area (Å²) in [5.41, 5.74) is 0.856. The van der Waals surface area contributed by atoms with Crippen molar-refractivity contribution in [3.63, 3.8) is 0 Å². The van der Waals surface area contributed by atoms with Gasteiger partial charge in [-0.2, -0.15) is 0 Å². The average molecular weight is 309 g/mol. The summed E-state index contributed by atoms with van der Waals surface area (Å²) in [5.74, 6) is -0.592. The molecule has 0 aromatic heterocycles. The van der Waals surface area contributed by atoms with E-state index in [2.05, 4.69) is 5.32 Å². The Labute approximate surface area is 130 Å². The Morgan fingerprint density at radius 2 is 2.09 bits per heavy atom. The first kappa shape index (κ1) is 18.0. The molecule has 122 valence electrons. The number of amides is 1. The highest BCUT2D eigenvalue weighted by Crippen LogP contribution is 2.13. The molecule has 0 atom stereocenters. The number of rotatable bonds is 10. The fourth-order valence-corrected chi connectivity index (χ4v) is 1.73. The van der Waals surface area contributed by atoms with Gasteiger partial charge >= 0.3 is 5.97 Å². The van der Waals surface area contributed by atoms with Crippen molar-refractivity contribution >= 4 is 11.9 Å². The lowest BCUT2D eigenvalue weighted by atomic mass is 10.2. The Hall–Kier alpha value is -2.08. The number of carbonyl (C=O) groups is 2. The topological polar surface area (TPSA) is 84.9 Å². The van der Waals surface area contributed by atoms with E-state index in [1.807, 2.05) is 19.9 Å². The molecule has 1 amide bonds. The van der Waals surface area contributed by atoms with Gasteiger partial charge in [0, 0.05) is 19.6 Å². The van der Waals surface area contributed by atoms with Crippen LogP contribution in [0.1, 0.15) is 32.3 Å². The molecular weight excluding hydrogens is 286 g/mol. The van der Waals surface area contributed by atoms with Crippen molar-refractivity contribution in [3.05, 3.63) is 29.8 Å². The van der Waals surface area contributed by atoms with E-state index in [-0.39, 0.29) is 18.6 Å². The van der Waals surface area contributed by atoms with Gasteiger partial charge < -0.3 is 19.9 Å². The van der Waals surface area contributed by atoms with Crippen LogP contribution in [0.5, 0.6) is 5.75 Å². The second kappa shape index (κ2) is 9.78. The number of hydrogen-bond acceptors (Lipinski definition) is 4. The Morgan fingerprint density at radius 1 is 1.32 bits per heavy atom. The summed E-state index contributed by atoms with van der Waals surface area (Å²) in [6, 6.07) is 6.99. The predicted molar refractivity (Wildman–Crippen MR) is 81.7 cm³/mol. The van der Waals surface area contributed by atoms with Gasteiger partial charge in [0.25, 0.3) is 0 Å². The van der Waals surface area contributed by atoms with Gasteiger partial charge in [-0.1, -0.05) is 12.1 Å². The number of aliphatic carboxylic acids is 1. The second-order valence-corrected chi connectivity index (χ2v) is 5.13. The molecule has 6 heteroatoms. The summed E-state index contributed by atoms with van der Waals surface area (Å²) < 4.78 is 10.5. The molecule has 2 N–H and O–H groups in total. The summed E-state index contributed by atoms with van der Waals surface area (Å²) in [7, 11) is 0. The molecular formula is C16H23NO5. The molecule has 0 aliphatic heterocycles. The quantitative estimate of drug-likeness (QED) is 0.645. The molecule has 1 aromatic rings. The van der Waals surface area contributed by atoms with E-state index in [1.165, 1.54) is 0 Å². The first-order valence-corrected chi connectivity index (χ1v) is 7.29. The van der Waals surface area contributed by atoms with Crippen molar-refractivity contribution in [2.24, 2.45) is 0 Å². The van der Waals surface area contributed by atoms with Crippen LogP contribution < -0.4 is 10.1 Å².